The number of hydrogen-bond acceptors (Lipinski definition) is 2. The fraction of sp³-hybridized carbons (Fsp3) is 0.684. The van der Waals surface area contributed by atoms with Crippen molar-refractivity contribution in [1.29, 1.82) is 0 Å². The van der Waals surface area contributed by atoms with Crippen LogP contribution in [0, 0.1) is 12.8 Å². The summed E-state index contributed by atoms with van der Waals surface area (Å²) in [6, 6.07) is 9.57. The maximum atomic E-state index is 3.76. The summed E-state index contributed by atoms with van der Waals surface area (Å²) in [7, 11) is 0. The Balaban J connectivity index is 1.94. The van der Waals surface area contributed by atoms with Crippen molar-refractivity contribution in [1.82, 2.24) is 5.32 Å². The van der Waals surface area contributed by atoms with E-state index in [1.54, 1.807) is 0 Å². The van der Waals surface area contributed by atoms with Crippen LogP contribution in [0.15, 0.2) is 24.3 Å². The molecule has 2 unspecified atom stereocenters. The zero-order chi connectivity index (χ0) is 15.1. The van der Waals surface area contributed by atoms with E-state index < -0.39 is 0 Å². The Labute approximate surface area is 135 Å². The summed E-state index contributed by atoms with van der Waals surface area (Å²) >= 11 is 2.17. The molecule has 118 valence electrons. The third-order valence-electron chi connectivity index (χ3n) is 4.59. The van der Waals surface area contributed by atoms with Gasteiger partial charge in [-0.05, 0) is 50.0 Å². The van der Waals surface area contributed by atoms with Crippen molar-refractivity contribution in [2.24, 2.45) is 5.92 Å². The lowest BCUT2D eigenvalue weighted by Crippen LogP contribution is -2.29. The van der Waals surface area contributed by atoms with Crippen LogP contribution in [0.2, 0.25) is 0 Å². The van der Waals surface area contributed by atoms with Crippen LogP contribution >= 0.6 is 11.8 Å². The lowest BCUT2D eigenvalue weighted by molar-refractivity contribution is 0.525. The van der Waals surface area contributed by atoms with Gasteiger partial charge in [0, 0.05) is 11.3 Å². The van der Waals surface area contributed by atoms with E-state index in [1.165, 1.54) is 49.0 Å². The van der Waals surface area contributed by atoms with Gasteiger partial charge < -0.3 is 5.32 Å². The maximum Gasteiger partial charge on any atom is 0.0437 e. The predicted octanol–water partition coefficient (Wildman–Crippen LogP) is 5.35. The zero-order valence-corrected chi connectivity index (χ0v) is 14.7. The van der Waals surface area contributed by atoms with Crippen LogP contribution in [0.25, 0.3) is 0 Å². The number of thioether (sulfide) groups is 1. The monoisotopic (exact) mass is 305 g/mol. The molecule has 1 aromatic rings. The van der Waals surface area contributed by atoms with Gasteiger partial charge in [-0.3, -0.25) is 0 Å². The van der Waals surface area contributed by atoms with Gasteiger partial charge in [-0.25, -0.2) is 0 Å². The largest absolute Gasteiger partial charge is 0.309 e. The number of hydrogen-bond donors (Lipinski definition) is 1. The van der Waals surface area contributed by atoms with Crippen molar-refractivity contribution in [3.8, 4) is 0 Å². The van der Waals surface area contributed by atoms with Gasteiger partial charge in [-0.15, -0.1) is 0 Å². The van der Waals surface area contributed by atoms with E-state index >= 15 is 0 Å². The highest BCUT2D eigenvalue weighted by Gasteiger charge is 2.22. The van der Waals surface area contributed by atoms with Crippen molar-refractivity contribution in [3.05, 3.63) is 35.4 Å². The minimum atomic E-state index is 0.483. The molecule has 2 atom stereocenters. The molecule has 1 nitrogen and oxygen atoms in total. The first-order chi connectivity index (χ1) is 10.2. The Morgan fingerprint density at radius 2 is 1.86 bits per heavy atom. The van der Waals surface area contributed by atoms with Gasteiger partial charge in [-0.2, -0.15) is 11.8 Å². The molecule has 0 aliphatic heterocycles. The Morgan fingerprint density at radius 3 is 2.48 bits per heavy atom. The molecule has 0 amide bonds. The van der Waals surface area contributed by atoms with Crippen LogP contribution in [-0.2, 0) is 0 Å². The van der Waals surface area contributed by atoms with Crippen LogP contribution < -0.4 is 5.32 Å². The Hall–Kier alpha value is -0.470. The van der Waals surface area contributed by atoms with Crippen molar-refractivity contribution in [2.45, 2.75) is 64.2 Å². The number of nitrogens with one attached hydrogen (secondary N) is 1. The van der Waals surface area contributed by atoms with E-state index in [4.69, 9.17) is 0 Å². The normalized spacial score (nSPS) is 18.8. The van der Waals surface area contributed by atoms with E-state index in [0.29, 0.717) is 11.3 Å². The van der Waals surface area contributed by atoms with Crippen LogP contribution in [0.1, 0.15) is 63.1 Å². The van der Waals surface area contributed by atoms with E-state index in [-0.39, 0.29) is 0 Å². The van der Waals surface area contributed by atoms with Gasteiger partial charge in [0.2, 0.25) is 0 Å². The molecule has 1 aromatic carbocycles. The highest BCUT2D eigenvalue weighted by Crippen LogP contribution is 2.33. The molecule has 0 saturated heterocycles. The van der Waals surface area contributed by atoms with Crippen LogP contribution in [-0.4, -0.2) is 17.5 Å². The third kappa shape index (κ3) is 5.34. The summed E-state index contributed by atoms with van der Waals surface area (Å²) < 4.78 is 0. The molecular formula is C19H31NS. The molecule has 21 heavy (non-hydrogen) atoms. The molecule has 0 aromatic heterocycles. The fourth-order valence-corrected chi connectivity index (χ4v) is 4.54. The smallest absolute Gasteiger partial charge is 0.0437 e. The van der Waals surface area contributed by atoms with Gasteiger partial charge in [0.25, 0.3) is 0 Å². The Kier molecular flexibility index (Phi) is 7.12. The number of aryl methyl sites for hydroxylation is 1. The number of rotatable bonds is 8. The highest BCUT2D eigenvalue weighted by atomic mass is 32.2. The SMILES string of the molecule is CCCNC(c1ccc(C)cc1)C(C)SCC1CCCC1. The second kappa shape index (κ2) is 8.85. The summed E-state index contributed by atoms with van der Waals surface area (Å²) in [4.78, 5) is 0. The van der Waals surface area contributed by atoms with Crippen molar-refractivity contribution in [3.63, 3.8) is 0 Å². The summed E-state index contributed by atoms with van der Waals surface area (Å²) in [6.07, 6.45) is 7.02. The van der Waals surface area contributed by atoms with E-state index in [9.17, 15) is 0 Å². The molecule has 0 spiro atoms. The maximum absolute atomic E-state index is 3.76. The van der Waals surface area contributed by atoms with Gasteiger partial charge in [0.05, 0.1) is 0 Å². The molecule has 2 rings (SSSR count). The molecule has 0 heterocycles. The minimum Gasteiger partial charge on any atom is -0.309 e. The van der Waals surface area contributed by atoms with E-state index in [0.717, 1.165) is 12.5 Å². The highest BCUT2D eigenvalue weighted by molar-refractivity contribution is 7.99. The lowest BCUT2D eigenvalue weighted by Gasteiger charge is -2.26. The standard InChI is InChI=1S/C19H31NS/c1-4-13-20-19(18-11-9-15(2)10-12-18)16(3)21-14-17-7-5-6-8-17/h9-12,16-17,19-20H,4-8,13-14H2,1-3H3. The topological polar surface area (TPSA) is 12.0 Å². The fourth-order valence-electron chi connectivity index (χ4n) is 3.19. The molecule has 1 aliphatic carbocycles. The summed E-state index contributed by atoms with van der Waals surface area (Å²) in [6.45, 7) is 7.91. The van der Waals surface area contributed by atoms with Crippen molar-refractivity contribution < 1.29 is 0 Å². The first kappa shape index (κ1) is 16.9. The molecule has 1 N–H and O–H groups in total. The summed E-state index contributed by atoms with van der Waals surface area (Å²) in [5.41, 5.74) is 2.79. The Bertz CT molecular complexity index is 395. The molecule has 1 saturated carbocycles. The molecular weight excluding hydrogens is 274 g/mol. The molecule has 0 bridgehead atoms. The van der Waals surface area contributed by atoms with Gasteiger partial charge in [-0.1, -0.05) is 56.5 Å². The second-order valence-corrected chi connectivity index (χ2v) is 7.94. The lowest BCUT2D eigenvalue weighted by atomic mass is 10.0. The second-order valence-electron chi connectivity index (χ2n) is 6.53. The molecule has 1 aliphatic rings. The summed E-state index contributed by atoms with van der Waals surface area (Å²) in [5.74, 6) is 2.32. The predicted molar refractivity (Wildman–Crippen MR) is 96.1 cm³/mol. The van der Waals surface area contributed by atoms with Crippen LogP contribution in [0.5, 0.6) is 0 Å². The van der Waals surface area contributed by atoms with Gasteiger partial charge in [0.15, 0.2) is 0 Å². The zero-order valence-electron chi connectivity index (χ0n) is 13.9. The Morgan fingerprint density at radius 1 is 1.19 bits per heavy atom. The first-order valence-corrected chi connectivity index (χ1v) is 9.67. The minimum absolute atomic E-state index is 0.483. The molecule has 1 fully saturated rings. The van der Waals surface area contributed by atoms with Crippen LogP contribution in [0.3, 0.4) is 0 Å². The number of benzene rings is 1. The van der Waals surface area contributed by atoms with Crippen LogP contribution in [0.4, 0.5) is 0 Å². The van der Waals surface area contributed by atoms with E-state index in [1.807, 2.05) is 0 Å². The van der Waals surface area contributed by atoms with Gasteiger partial charge >= 0.3 is 0 Å². The van der Waals surface area contributed by atoms with Crippen molar-refractivity contribution in [2.75, 3.05) is 12.3 Å². The molecule has 0 radical (unpaired) electrons. The first-order valence-electron chi connectivity index (χ1n) is 8.62. The quantitative estimate of drug-likeness (QED) is 0.695. The third-order valence-corrected chi connectivity index (χ3v) is 6.05. The van der Waals surface area contributed by atoms with Crippen molar-refractivity contribution >= 4 is 11.8 Å². The van der Waals surface area contributed by atoms with E-state index in [2.05, 4.69) is 62.1 Å². The molecule has 2 heteroatoms. The average molecular weight is 306 g/mol. The average Bonchev–Trinajstić information content (AvgIpc) is 3.00. The van der Waals surface area contributed by atoms with Gasteiger partial charge in [0.1, 0.15) is 0 Å². The summed E-state index contributed by atoms with van der Waals surface area (Å²) in [5, 5.41) is 4.40.